The predicted molar refractivity (Wildman–Crippen MR) is 114 cm³/mol. The number of nitrogens with zero attached hydrogens (tertiary/aromatic N) is 3. The van der Waals surface area contributed by atoms with Crippen LogP contribution in [0.4, 0.5) is 17.1 Å². The highest BCUT2D eigenvalue weighted by Gasteiger charge is 2.16. The summed E-state index contributed by atoms with van der Waals surface area (Å²) in [7, 11) is 7.61. The second-order valence-electron chi connectivity index (χ2n) is 7.55. The number of aryl methyl sites for hydroxylation is 1. The van der Waals surface area contributed by atoms with Gasteiger partial charge in [0, 0.05) is 18.1 Å². The normalized spacial score (nSPS) is 11.8. The maximum absolute atomic E-state index is 5.94. The number of hydrogen-bond acceptors (Lipinski definition) is 6. The van der Waals surface area contributed by atoms with E-state index in [2.05, 4.69) is 30.4 Å². The van der Waals surface area contributed by atoms with Crippen molar-refractivity contribution in [2.75, 3.05) is 47.1 Å². The van der Waals surface area contributed by atoms with E-state index in [0.29, 0.717) is 35.1 Å². The smallest absolute Gasteiger partial charge is 0.146 e. The van der Waals surface area contributed by atoms with Crippen LogP contribution in [0.1, 0.15) is 17.5 Å². The number of azo groups is 1. The number of nitrogens with two attached hydrogens (primary N) is 2. The fraction of sp³-hybridized carbons (Fsp3) is 0.429. The topological polar surface area (TPSA) is 95.2 Å². The van der Waals surface area contributed by atoms with Crippen molar-refractivity contribution in [3.8, 4) is 11.5 Å². The van der Waals surface area contributed by atoms with Crippen LogP contribution in [-0.4, -0.2) is 45.9 Å². The number of anilines is 1. The van der Waals surface area contributed by atoms with E-state index in [1.807, 2.05) is 25.1 Å². The highest BCUT2D eigenvalue weighted by Crippen LogP contribution is 2.34. The molecule has 2 aromatic carbocycles. The van der Waals surface area contributed by atoms with Crippen molar-refractivity contribution in [2.24, 2.45) is 16.0 Å². The summed E-state index contributed by atoms with van der Waals surface area (Å²) in [4.78, 5) is 0. The van der Waals surface area contributed by atoms with E-state index >= 15 is 0 Å². The van der Waals surface area contributed by atoms with E-state index < -0.39 is 0 Å². The molecule has 0 spiro atoms. The maximum Gasteiger partial charge on any atom is 0.146 e. The third kappa shape index (κ3) is 5.68. The lowest BCUT2D eigenvalue weighted by molar-refractivity contribution is -0.903. The zero-order valence-electron chi connectivity index (χ0n) is 17.5. The van der Waals surface area contributed by atoms with Crippen LogP contribution in [0.5, 0.6) is 11.5 Å². The minimum Gasteiger partial charge on any atom is -0.495 e. The number of nitrogen functional groups attached to an aromatic ring is 1. The van der Waals surface area contributed by atoms with Crippen LogP contribution >= 0.6 is 0 Å². The third-order valence-electron chi connectivity index (χ3n) is 4.64. The monoisotopic (exact) mass is 386 g/mol. The van der Waals surface area contributed by atoms with Crippen molar-refractivity contribution in [2.45, 2.75) is 19.9 Å². The van der Waals surface area contributed by atoms with Crippen molar-refractivity contribution >= 4 is 17.1 Å². The minimum absolute atomic E-state index is 0.580. The number of ether oxygens (including phenoxy) is 2. The Labute approximate surface area is 167 Å². The van der Waals surface area contributed by atoms with Gasteiger partial charge in [-0.2, -0.15) is 5.11 Å². The van der Waals surface area contributed by atoms with Gasteiger partial charge in [0.15, 0.2) is 0 Å². The molecule has 0 saturated heterocycles. The van der Waals surface area contributed by atoms with Crippen molar-refractivity contribution in [3.63, 3.8) is 0 Å². The zero-order valence-corrected chi connectivity index (χ0v) is 17.5. The van der Waals surface area contributed by atoms with E-state index in [0.717, 1.165) is 29.6 Å². The molecule has 0 aliphatic rings. The van der Waals surface area contributed by atoms with Crippen LogP contribution in [-0.2, 0) is 6.54 Å². The molecule has 0 heterocycles. The lowest BCUT2D eigenvalue weighted by Gasteiger charge is -2.30. The van der Waals surface area contributed by atoms with E-state index in [1.54, 1.807) is 20.3 Å². The Bertz CT molecular complexity index is 834. The minimum atomic E-state index is 0.580. The third-order valence-corrected chi connectivity index (χ3v) is 4.64. The van der Waals surface area contributed by atoms with E-state index in [9.17, 15) is 0 Å². The molecule has 2 aromatic rings. The summed E-state index contributed by atoms with van der Waals surface area (Å²) in [6.07, 6.45) is 0.994. The molecule has 0 radical (unpaired) electrons. The van der Waals surface area contributed by atoms with Gasteiger partial charge >= 0.3 is 0 Å². The summed E-state index contributed by atoms with van der Waals surface area (Å²) in [5.74, 6) is 1.26. The van der Waals surface area contributed by atoms with Gasteiger partial charge in [-0.3, -0.25) is 0 Å². The fourth-order valence-corrected chi connectivity index (χ4v) is 3.10. The highest BCUT2D eigenvalue weighted by molar-refractivity contribution is 5.63. The van der Waals surface area contributed by atoms with Crippen molar-refractivity contribution in [3.05, 3.63) is 41.5 Å². The first-order valence-electron chi connectivity index (χ1n) is 9.34. The first-order valence-corrected chi connectivity index (χ1v) is 9.34. The second-order valence-corrected chi connectivity index (χ2v) is 7.55. The lowest BCUT2D eigenvalue weighted by atomic mass is 10.1. The van der Waals surface area contributed by atoms with Crippen LogP contribution in [0.15, 0.2) is 40.6 Å². The number of rotatable bonds is 9. The van der Waals surface area contributed by atoms with Crippen molar-refractivity contribution in [1.29, 1.82) is 0 Å². The number of quaternary nitrogens is 1. The molecule has 0 amide bonds. The Morgan fingerprint density at radius 3 is 2.29 bits per heavy atom. The number of hydrogen-bond donors (Lipinski definition) is 2. The molecule has 28 heavy (non-hydrogen) atoms. The van der Waals surface area contributed by atoms with Crippen LogP contribution in [0.2, 0.25) is 0 Å². The Morgan fingerprint density at radius 1 is 0.964 bits per heavy atom. The average molecular weight is 387 g/mol. The van der Waals surface area contributed by atoms with Crippen LogP contribution < -0.4 is 20.9 Å². The fourth-order valence-electron chi connectivity index (χ4n) is 3.10. The Morgan fingerprint density at radius 2 is 1.64 bits per heavy atom. The standard InChI is InChI=1S/C21H32N5O2/c1-15-11-17(23)21(28-5)13-18(15)24-25-19-12-16(7-8-20(19)27-4)14-26(2,3)10-6-9-22/h7-8,11-13H,6,9-10,14,22-23H2,1-5H3/q+1. The van der Waals surface area contributed by atoms with E-state index in [-0.39, 0.29) is 0 Å². The van der Waals surface area contributed by atoms with Gasteiger partial charge in [-0.25, -0.2) is 0 Å². The summed E-state index contributed by atoms with van der Waals surface area (Å²) >= 11 is 0. The second kappa shape index (κ2) is 9.52. The summed E-state index contributed by atoms with van der Waals surface area (Å²) in [5, 5.41) is 8.85. The molecule has 0 aliphatic heterocycles. The zero-order chi connectivity index (χ0) is 20.7. The number of methoxy groups -OCH3 is 2. The van der Waals surface area contributed by atoms with Crippen LogP contribution in [0, 0.1) is 6.92 Å². The summed E-state index contributed by atoms with van der Waals surface area (Å²) in [5.41, 5.74) is 15.7. The molecule has 0 aliphatic carbocycles. The first kappa shape index (κ1) is 21.7. The molecule has 152 valence electrons. The molecule has 0 unspecified atom stereocenters. The van der Waals surface area contributed by atoms with Crippen LogP contribution in [0.25, 0.3) is 0 Å². The SMILES string of the molecule is COc1cc(N=Nc2cc(C[N+](C)(C)CCCN)ccc2OC)c(C)cc1N. The van der Waals surface area contributed by atoms with Gasteiger partial charge < -0.3 is 25.4 Å². The quantitative estimate of drug-likeness (QED) is 0.388. The molecule has 0 fully saturated rings. The molecular weight excluding hydrogens is 354 g/mol. The summed E-state index contributed by atoms with van der Waals surface area (Å²) < 4.78 is 11.6. The van der Waals surface area contributed by atoms with Gasteiger partial charge in [0.1, 0.15) is 23.7 Å². The van der Waals surface area contributed by atoms with Gasteiger partial charge in [-0.1, -0.05) is 0 Å². The number of benzene rings is 2. The van der Waals surface area contributed by atoms with Gasteiger partial charge in [-0.05, 0) is 43.3 Å². The van der Waals surface area contributed by atoms with Gasteiger partial charge in [0.2, 0.25) is 0 Å². The molecule has 0 atom stereocenters. The van der Waals surface area contributed by atoms with E-state index in [1.165, 1.54) is 5.56 Å². The van der Waals surface area contributed by atoms with Crippen molar-refractivity contribution in [1.82, 2.24) is 0 Å². The molecule has 0 bridgehead atoms. The Kier molecular flexibility index (Phi) is 7.37. The summed E-state index contributed by atoms with van der Waals surface area (Å²) in [6, 6.07) is 9.64. The molecule has 0 saturated carbocycles. The molecule has 7 heteroatoms. The van der Waals surface area contributed by atoms with Crippen LogP contribution in [0.3, 0.4) is 0 Å². The summed E-state index contributed by atoms with van der Waals surface area (Å²) in [6.45, 7) is 4.54. The molecule has 2 rings (SSSR count). The first-order chi connectivity index (χ1) is 13.3. The Balaban J connectivity index is 2.31. The molecule has 0 aromatic heterocycles. The van der Waals surface area contributed by atoms with Gasteiger partial charge in [0.25, 0.3) is 0 Å². The maximum atomic E-state index is 5.94. The predicted octanol–water partition coefficient (Wildman–Crippen LogP) is 3.94. The lowest BCUT2D eigenvalue weighted by Crippen LogP contribution is -2.40. The molecule has 7 nitrogen and oxygen atoms in total. The Hall–Kier alpha value is -2.64. The average Bonchev–Trinajstić information content (AvgIpc) is 2.65. The van der Waals surface area contributed by atoms with Gasteiger partial charge in [0.05, 0.1) is 46.2 Å². The highest BCUT2D eigenvalue weighted by atomic mass is 16.5. The largest absolute Gasteiger partial charge is 0.495 e. The van der Waals surface area contributed by atoms with Gasteiger partial charge in [-0.15, -0.1) is 5.11 Å². The van der Waals surface area contributed by atoms with Crippen molar-refractivity contribution < 1.29 is 14.0 Å². The molecular formula is C21H32N5O2+. The molecule has 4 N–H and O–H groups in total. The van der Waals surface area contributed by atoms with E-state index in [4.69, 9.17) is 20.9 Å².